The van der Waals surface area contributed by atoms with Crippen LogP contribution >= 0.6 is 15.9 Å². The lowest BCUT2D eigenvalue weighted by Crippen LogP contribution is -2.36. The van der Waals surface area contributed by atoms with Gasteiger partial charge in [-0.2, -0.15) is 0 Å². The predicted octanol–water partition coefficient (Wildman–Crippen LogP) is 1.07. The number of hydrogen-bond donors (Lipinski definition) is 2. The monoisotopic (exact) mass is 282 g/mol. The first kappa shape index (κ1) is 11.1. The van der Waals surface area contributed by atoms with Crippen LogP contribution in [0.5, 0.6) is 0 Å². The summed E-state index contributed by atoms with van der Waals surface area (Å²) >= 11 is 3.31. The van der Waals surface area contributed by atoms with Crippen LogP contribution < -0.4 is 10.6 Å². The van der Waals surface area contributed by atoms with Crippen LogP contribution in [0.1, 0.15) is 16.8 Å². The van der Waals surface area contributed by atoms with Crippen molar-refractivity contribution in [1.82, 2.24) is 10.6 Å². The molecule has 1 aromatic rings. The summed E-state index contributed by atoms with van der Waals surface area (Å²) in [7, 11) is 0. The largest absolute Gasteiger partial charge is 0.354 e. The molecule has 1 heterocycles. The Morgan fingerprint density at radius 1 is 1.50 bits per heavy atom. The summed E-state index contributed by atoms with van der Waals surface area (Å²) in [5, 5.41) is 5.48. The van der Waals surface area contributed by atoms with Crippen molar-refractivity contribution < 1.29 is 9.59 Å². The Kier molecular flexibility index (Phi) is 3.24. The van der Waals surface area contributed by atoms with Gasteiger partial charge in [-0.1, -0.05) is 22.0 Å². The minimum atomic E-state index is -0.150. The van der Waals surface area contributed by atoms with Gasteiger partial charge in [0.1, 0.15) is 0 Å². The second kappa shape index (κ2) is 4.65. The summed E-state index contributed by atoms with van der Waals surface area (Å²) in [5.41, 5.74) is 0.591. The second-order valence-electron chi connectivity index (χ2n) is 3.69. The highest BCUT2D eigenvalue weighted by Gasteiger charge is 2.23. The molecular weight excluding hydrogens is 272 g/mol. The van der Waals surface area contributed by atoms with E-state index >= 15 is 0 Å². The summed E-state index contributed by atoms with van der Waals surface area (Å²) in [5.74, 6) is -0.164. The summed E-state index contributed by atoms with van der Waals surface area (Å²) in [6, 6.07) is 7.05. The molecule has 0 radical (unpaired) electrons. The van der Waals surface area contributed by atoms with Crippen molar-refractivity contribution in [2.45, 2.75) is 12.5 Å². The van der Waals surface area contributed by atoms with Gasteiger partial charge in [0.2, 0.25) is 5.91 Å². The van der Waals surface area contributed by atoms with Crippen molar-refractivity contribution in [2.75, 3.05) is 6.54 Å². The first-order valence-electron chi connectivity index (χ1n) is 4.98. The van der Waals surface area contributed by atoms with E-state index in [4.69, 9.17) is 0 Å². The molecule has 1 fully saturated rings. The van der Waals surface area contributed by atoms with Crippen molar-refractivity contribution >= 4 is 27.7 Å². The van der Waals surface area contributed by atoms with Gasteiger partial charge in [0.05, 0.1) is 6.04 Å². The molecule has 1 aliphatic heterocycles. The van der Waals surface area contributed by atoms with Crippen LogP contribution in [0.2, 0.25) is 0 Å². The number of carbonyl (C=O) groups excluding carboxylic acids is 2. The number of nitrogens with one attached hydrogen (secondary N) is 2. The van der Waals surface area contributed by atoms with Gasteiger partial charge in [-0.3, -0.25) is 9.59 Å². The SMILES string of the molecule is O=C1CC(NC(=O)c2cccc(Br)c2)CN1. The van der Waals surface area contributed by atoms with Crippen LogP contribution in [0.4, 0.5) is 0 Å². The Morgan fingerprint density at radius 2 is 2.31 bits per heavy atom. The molecule has 0 aliphatic carbocycles. The fraction of sp³-hybridized carbons (Fsp3) is 0.273. The second-order valence-corrected chi connectivity index (χ2v) is 4.60. The highest BCUT2D eigenvalue weighted by Crippen LogP contribution is 2.12. The van der Waals surface area contributed by atoms with E-state index in [1.54, 1.807) is 18.2 Å². The summed E-state index contributed by atoms with van der Waals surface area (Å²) < 4.78 is 0.862. The highest BCUT2D eigenvalue weighted by molar-refractivity contribution is 9.10. The van der Waals surface area contributed by atoms with Crippen LogP contribution in [-0.2, 0) is 4.79 Å². The lowest BCUT2D eigenvalue weighted by atomic mass is 10.2. The van der Waals surface area contributed by atoms with Crippen molar-refractivity contribution in [2.24, 2.45) is 0 Å². The number of benzene rings is 1. The van der Waals surface area contributed by atoms with Gasteiger partial charge in [-0.15, -0.1) is 0 Å². The number of amides is 2. The summed E-state index contributed by atoms with van der Waals surface area (Å²) in [6.45, 7) is 0.512. The number of hydrogen-bond acceptors (Lipinski definition) is 2. The van der Waals surface area contributed by atoms with E-state index in [1.165, 1.54) is 0 Å². The zero-order valence-electron chi connectivity index (χ0n) is 8.50. The summed E-state index contributed by atoms with van der Waals surface area (Å²) in [4.78, 5) is 22.7. The van der Waals surface area contributed by atoms with Crippen molar-refractivity contribution in [3.8, 4) is 0 Å². The third kappa shape index (κ3) is 2.61. The third-order valence-corrected chi connectivity index (χ3v) is 2.89. The average molecular weight is 283 g/mol. The molecule has 16 heavy (non-hydrogen) atoms. The maximum atomic E-state index is 11.8. The van der Waals surface area contributed by atoms with Crippen molar-refractivity contribution in [3.63, 3.8) is 0 Å². The molecule has 1 unspecified atom stereocenters. The molecule has 2 amide bonds. The maximum Gasteiger partial charge on any atom is 0.251 e. The molecule has 0 spiro atoms. The zero-order valence-corrected chi connectivity index (χ0v) is 10.1. The highest BCUT2D eigenvalue weighted by atomic mass is 79.9. The van der Waals surface area contributed by atoms with Crippen LogP contribution in [0.3, 0.4) is 0 Å². The normalized spacial score (nSPS) is 19.3. The molecular formula is C11H11BrN2O2. The predicted molar refractivity (Wildman–Crippen MR) is 63.0 cm³/mol. The lowest BCUT2D eigenvalue weighted by Gasteiger charge is -2.10. The molecule has 84 valence electrons. The van der Waals surface area contributed by atoms with E-state index in [0.29, 0.717) is 18.5 Å². The minimum absolute atomic E-state index is 0.0143. The molecule has 1 atom stereocenters. The Hall–Kier alpha value is -1.36. The Balaban J connectivity index is 2.00. The maximum absolute atomic E-state index is 11.8. The fourth-order valence-corrected chi connectivity index (χ4v) is 2.00. The molecule has 1 aromatic carbocycles. The first-order chi connectivity index (χ1) is 7.65. The van der Waals surface area contributed by atoms with E-state index in [9.17, 15) is 9.59 Å². The molecule has 0 bridgehead atoms. The zero-order chi connectivity index (χ0) is 11.5. The van der Waals surface area contributed by atoms with E-state index in [-0.39, 0.29) is 17.9 Å². The average Bonchev–Trinajstić information content (AvgIpc) is 2.64. The standard InChI is InChI=1S/C11H11BrN2O2/c12-8-3-1-2-7(4-8)11(16)14-9-5-10(15)13-6-9/h1-4,9H,5-6H2,(H,13,15)(H,14,16). The quantitative estimate of drug-likeness (QED) is 0.853. The minimum Gasteiger partial charge on any atom is -0.354 e. The smallest absolute Gasteiger partial charge is 0.251 e. The first-order valence-corrected chi connectivity index (χ1v) is 5.77. The number of carbonyl (C=O) groups is 2. The molecule has 1 aliphatic rings. The molecule has 1 saturated heterocycles. The Bertz CT molecular complexity index is 434. The molecule has 5 heteroatoms. The van der Waals surface area contributed by atoms with Gasteiger partial charge in [0.15, 0.2) is 0 Å². The molecule has 0 saturated carbocycles. The van der Waals surface area contributed by atoms with E-state index in [1.807, 2.05) is 6.07 Å². The molecule has 0 aromatic heterocycles. The van der Waals surface area contributed by atoms with E-state index in [0.717, 1.165) is 4.47 Å². The van der Waals surface area contributed by atoms with Gasteiger partial charge in [0.25, 0.3) is 5.91 Å². The number of rotatable bonds is 2. The van der Waals surface area contributed by atoms with Crippen LogP contribution in [0.15, 0.2) is 28.7 Å². The number of halogens is 1. The topological polar surface area (TPSA) is 58.2 Å². The molecule has 4 nitrogen and oxygen atoms in total. The van der Waals surface area contributed by atoms with Crippen LogP contribution in [0, 0.1) is 0 Å². The fourth-order valence-electron chi connectivity index (χ4n) is 1.61. The third-order valence-electron chi connectivity index (χ3n) is 2.40. The van der Waals surface area contributed by atoms with Gasteiger partial charge in [0, 0.05) is 23.0 Å². The van der Waals surface area contributed by atoms with Crippen molar-refractivity contribution in [3.05, 3.63) is 34.3 Å². The summed E-state index contributed by atoms with van der Waals surface area (Å²) in [6.07, 6.45) is 0.361. The van der Waals surface area contributed by atoms with Crippen molar-refractivity contribution in [1.29, 1.82) is 0 Å². The van der Waals surface area contributed by atoms with E-state index in [2.05, 4.69) is 26.6 Å². The lowest BCUT2D eigenvalue weighted by molar-refractivity contribution is -0.119. The van der Waals surface area contributed by atoms with Crippen LogP contribution in [0.25, 0.3) is 0 Å². The van der Waals surface area contributed by atoms with Gasteiger partial charge >= 0.3 is 0 Å². The molecule has 2 rings (SSSR count). The van der Waals surface area contributed by atoms with Gasteiger partial charge in [-0.25, -0.2) is 0 Å². The van der Waals surface area contributed by atoms with Gasteiger partial charge in [-0.05, 0) is 18.2 Å². The van der Waals surface area contributed by atoms with Crippen LogP contribution in [-0.4, -0.2) is 24.4 Å². The molecule has 2 N–H and O–H groups in total. The Labute approximate surface area is 102 Å². The Morgan fingerprint density at radius 3 is 2.94 bits per heavy atom. The van der Waals surface area contributed by atoms with Gasteiger partial charge < -0.3 is 10.6 Å². The van der Waals surface area contributed by atoms with E-state index < -0.39 is 0 Å².